The minimum Gasteiger partial charge on any atom is -0.498 e. The molecule has 1 N–H and O–H groups in total. The lowest BCUT2D eigenvalue weighted by Crippen LogP contribution is -2.36. The topological polar surface area (TPSA) is 74.7 Å². The molecule has 0 saturated heterocycles. The van der Waals surface area contributed by atoms with Gasteiger partial charge in [-0.25, -0.2) is 9.97 Å². The summed E-state index contributed by atoms with van der Waals surface area (Å²) in [5.41, 5.74) is 2.38. The molecule has 2 aliphatic carbocycles. The monoisotopic (exact) mass is 475 g/mol. The number of nitrogens with zero attached hydrogens (tertiary/aromatic N) is 2. The third kappa shape index (κ3) is 5.23. The summed E-state index contributed by atoms with van der Waals surface area (Å²) in [6, 6.07) is 5.81. The maximum atomic E-state index is 12.5. The Balaban J connectivity index is 1.67. The van der Waals surface area contributed by atoms with Crippen molar-refractivity contribution in [2.24, 2.45) is 0 Å². The number of halogens is 3. The molecule has 10 heteroatoms. The fraction of sp³-hybridized carbons (Fsp3) is 0.333. The van der Waals surface area contributed by atoms with Gasteiger partial charge in [0.25, 0.3) is 0 Å². The van der Waals surface area contributed by atoms with Crippen LogP contribution in [0.1, 0.15) is 18.4 Å². The van der Waals surface area contributed by atoms with E-state index in [0.717, 1.165) is 28.1 Å². The van der Waals surface area contributed by atoms with Gasteiger partial charge in [0.1, 0.15) is 23.7 Å². The van der Waals surface area contributed by atoms with Crippen molar-refractivity contribution in [3.8, 4) is 5.75 Å². The van der Waals surface area contributed by atoms with Crippen molar-refractivity contribution in [3.05, 3.63) is 70.2 Å². The number of aromatic nitrogens is 2. The standard InChI is InChI=1S/C24H24F3N3O4/c1-31-19-11-16(12-20(32-2)22(19)33-3)29-23-28-13-15-5-4-6-18(21(15)30-23)14-7-9-17(10-8-14)34-24(25,26)27/h5,7-13,19,22H,4,6H2,1-3H3,(H,29,30). The van der Waals surface area contributed by atoms with Gasteiger partial charge in [-0.1, -0.05) is 18.2 Å². The molecule has 0 aliphatic heterocycles. The van der Waals surface area contributed by atoms with Gasteiger partial charge in [-0.2, -0.15) is 0 Å². The largest absolute Gasteiger partial charge is 0.573 e. The number of allylic oxidation sites excluding steroid dienone is 1. The zero-order valence-electron chi connectivity index (χ0n) is 18.8. The summed E-state index contributed by atoms with van der Waals surface area (Å²) >= 11 is 0. The Bertz CT molecular complexity index is 1220. The van der Waals surface area contributed by atoms with E-state index in [1.807, 2.05) is 12.2 Å². The van der Waals surface area contributed by atoms with E-state index in [1.165, 1.54) is 12.1 Å². The minimum atomic E-state index is -4.73. The quantitative estimate of drug-likeness (QED) is 0.660. The SMILES string of the molecule is COC1=CC(Nc2ncc3c(n2)=C(c2ccc(OC(F)(F)F)cc2)CCC=3)=CC(OC)C1OC. The first-order valence-corrected chi connectivity index (χ1v) is 10.5. The van der Waals surface area contributed by atoms with Crippen LogP contribution >= 0.6 is 0 Å². The first-order chi connectivity index (χ1) is 16.3. The lowest BCUT2D eigenvalue weighted by Gasteiger charge is -2.28. The number of anilines is 1. The van der Waals surface area contributed by atoms with E-state index in [2.05, 4.69) is 15.0 Å². The van der Waals surface area contributed by atoms with E-state index in [1.54, 1.807) is 45.7 Å². The van der Waals surface area contributed by atoms with Crippen molar-refractivity contribution in [2.45, 2.75) is 31.4 Å². The van der Waals surface area contributed by atoms with Crippen LogP contribution in [0.25, 0.3) is 11.6 Å². The molecule has 4 rings (SSSR count). The van der Waals surface area contributed by atoms with Gasteiger partial charge in [0.2, 0.25) is 5.95 Å². The molecule has 2 atom stereocenters. The molecular formula is C24H24F3N3O4. The second-order valence-electron chi connectivity index (χ2n) is 7.65. The second-order valence-corrected chi connectivity index (χ2v) is 7.65. The van der Waals surface area contributed by atoms with Gasteiger partial charge < -0.3 is 24.3 Å². The highest BCUT2D eigenvalue weighted by Crippen LogP contribution is 2.26. The average Bonchev–Trinajstić information content (AvgIpc) is 2.82. The van der Waals surface area contributed by atoms with Gasteiger partial charge in [-0.3, -0.25) is 0 Å². The van der Waals surface area contributed by atoms with Crippen molar-refractivity contribution < 1.29 is 32.1 Å². The Hall–Kier alpha value is -3.37. The van der Waals surface area contributed by atoms with E-state index in [9.17, 15) is 13.2 Å². The summed E-state index contributed by atoms with van der Waals surface area (Å²) in [6.45, 7) is 0. The Labute approximate surface area is 194 Å². The molecule has 180 valence electrons. The molecule has 1 aromatic heterocycles. The molecule has 7 nitrogen and oxygen atoms in total. The molecule has 0 amide bonds. The predicted molar refractivity (Wildman–Crippen MR) is 119 cm³/mol. The van der Waals surface area contributed by atoms with Gasteiger partial charge in [-0.15, -0.1) is 13.2 Å². The average molecular weight is 475 g/mol. The van der Waals surface area contributed by atoms with Crippen LogP contribution < -0.4 is 20.6 Å². The summed E-state index contributed by atoms with van der Waals surface area (Å²) in [7, 11) is 4.73. The summed E-state index contributed by atoms with van der Waals surface area (Å²) in [5.74, 6) is 0.697. The van der Waals surface area contributed by atoms with Crippen molar-refractivity contribution in [1.29, 1.82) is 0 Å². The van der Waals surface area contributed by atoms with Crippen molar-refractivity contribution >= 4 is 17.6 Å². The number of fused-ring (bicyclic) bond motifs is 1. The van der Waals surface area contributed by atoms with E-state index >= 15 is 0 Å². The third-order valence-corrected chi connectivity index (χ3v) is 5.54. The van der Waals surface area contributed by atoms with Gasteiger partial charge in [-0.05, 0) is 42.2 Å². The van der Waals surface area contributed by atoms with Crippen LogP contribution in [0.3, 0.4) is 0 Å². The summed E-state index contributed by atoms with van der Waals surface area (Å²) in [4.78, 5) is 9.12. The molecule has 1 aromatic carbocycles. The highest BCUT2D eigenvalue weighted by Gasteiger charge is 2.31. The van der Waals surface area contributed by atoms with Crippen LogP contribution in [-0.2, 0) is 14.2 Å². The Morgan fingerprint density at radius 2 is 1.82 bits per heavy atom. The molecule has 0 radical (unpaired) electrons. The maximum Gasteiger partial charge on any atom is 0.573 e. The van der Waals surface area contributed by atoms with Crippen LogP contribution in [0.2, 0.25) is 0 Å². The second kappa shape index (κ2) is 9.86. The van der Waals surface area contributed by atoms with E-state index < -0.39 is 6.36 Å². The number of benzene rings is 1. The molecule has 34 heavy (non-hydrogen) atoms. The minimum absolute atomic E-state index is 0.267. The Morgan fingerprint density at radius 3 is 2.47 bits per heavy atom. The van der Waals surface area contributed by atoms with Gasteiger partial charge in [0, 0.05) is 37.4 Å². The normalized spacial score (nSPS) is 20.0. The number of hydrogen-bond donors (Lipinski definition) is 1. The number of methoxy groups -OCH3 is 3. The summed E-state index contributed by atoms with van der Waals surface area (Å²) < 4.78 is 57.8. The molecule has 0 spiro atoms. The van der Waals surface area contributed by atoms with Gasteiger partial charge >= 0.3 is 6.36 Å². The molecule has 2 aromatic rings. The summed E-state index contributed by atoms with van der Waals surface area (Å²) in [6.07, 6.45) is 3.42. The van der Waals surface area contributed by atoms with Crippen molar-refractivity contribution in [2.75, 3.05) is 26.6 Å². The molecule has 0 bridgehead atoms. The smallest absolute Gasteiger partial charge is 0.498 e. The first-order valence-electron chi connectivity index (χ1n) is 10.5. The summed E-state index contributed by atoms with van der Waals surface area (Å²) in [5, 5.41) is 4.77. The van der Waals surface area contributed by atoms with Crippen LogP contribution in [-0.4, -0.2) is 49.9 Å². The fourth-order valence-electron chi connectivity index (χ4n) is 4.01. The highest BCUT2D eigenvalue weighted by molar-refractivity contribution is 5.67. The number of hydrogen-bond acceptors (Lipinski definition) is 7. The van der Waals surface area contributed by atoms with Crippen LogP contribution in [0.4, 0.5) is 19.1 Å². The number of nitrogens with one attached hydrogen (secondary N) is 1. The zero-order valence-corrected chi connectivity index (χ0v) is 18.8. The zero-order chi connectivity index (χ0) is 24.3. The van der Waals surface area contributed by atoms with Gasteiger partial charge in [0.15, 0.2) is 0 Å². The maximum absolute atomic E-state index is 12.5. The molecule has 0 saturated carbocycles. The number of ether oxygens (including phenoxy) is 4. The molecular weight excluding hydrogens is 451 g/mol. The van der Waals surface area contributed by atoms with Crippen LogP contribution in [0, 0.1) is 0 Å². The Morgan fingerprint density at radius 1 is 1.06 bits per heavy atom. The molecule has 0 fully saturated rings. The van der Waals surface area contributed by atoms with Crippen molar-refractivity contribution in [1.82, 2.24) is 9.97 Å². The highest BCUT2D eigenvalue weighted by atomic mass is 19.4. The lowest BCUT2D eigenvalue weighted by molar-refractivity contribution is -0.274. The lowest BCUT2D eigenvalue weighted by atomic mass is 9.96. The van der Waals surface area contributed by atoms with Crippen molar-refractivity contribution in [3.63, 3.8) is 0 Å². The van der Waals surface area contributed by atoms with Gasteiger partial charge in [0.05, 0.1) is 12.5 Å². The fourth-order valence-corrected chi connectivity index (χ4v) is 4.01. The predicted octanol–water partition coefficient (Wildman–Crippen LogP) is 3.02. The van der Waals surface area contributed by atoms with Crippen LogP contribution in [0.15, 0.2) is 54.1 Å². The first kappa shape index (κ1) is 23.8. The van der Waals surface area contributed by atoms with E-state index in [-0.39, 0.29) is 18.0 Å². The Kier molecular flexibility index (Phi) is 6.90. The molecule has 1 heterocycles. The number of alkyl halides is 3. The molecule has 2 aliphatic rings. The van der Waals surface area contributed by atoms with Crippen LogP contribution in [0.5, 0.6) is 5.75 Å². The number of rotatable bonds is 7. The van der Waals surface area contributed by atoms with E-state index in [4.69, 9.17) is 19.2 Å². The molecule has 2 unspecified atom stereocenters. The third-order valence-electron chi connectivity index (χ3n) is 5.54. The van der Waals surface area contributed by atoms with E-state index in [0.29, 0.717) is 23.8 Å².